The second kappa shape index (κ2) is 3.04. The molecular weight excluding hydrogens is 230 g/mol. The molecule has 0 saturated heterocycles. The van der Waals surface area contributed by atoms with Crippen LogP contribution < -0.4 is 4.74 Å². The van der Waals surface area contributed by atoms with Crippen LogP contribution in [-0.4, -0.2) is 21.8 Å². The van der Waals surface area contributed by atoms with Crippen molar-refractivity contribution in [3.63, 3.8) is 0 Å². The molecule has 1 aliphatic rings. The Kier molecular flexibility index (Phi) is 1.68. The van der Waals surface area contributed by atoms with Crippen molar-refractivity contribution in [3.8, 4) is 5.75 Å². The van der Waals surface area contributed by atoms with Gasteiger partial charge in [0.25, 0.3) is 0 Å². The number of rotatable bonds is 0. The Balaban J connectivity index is 2.22. The SMILES string of the molecule is OC1(O)COc2ccc3c([nH]c4ccccc43)c21. The van der Waals surface area contributed by atoms with Gasteiger partial charge < -0.3 is 19.9 Å². The number of aromatic nitrogens is 1. The molecule has 3 aromatic rings. The summed E-state index contributed by atoms with van der Waals surface area (Å²) in [6.07, 6.45) is 0. The highest BCUT2D eigenvalue weighted by atomic mass is 16.6. The van der Waals surface area contributed by atoms with Crippen LogP contribution in [0.4, 0.5) is 0 Å². The van der Waals surface area contributed by atoms with Crippen LogP contribution in [0.15, 0.2) is 36.4 Å². The van der Waals surface area contributed by atoms with Crippen LogP contribution in [-0.2, 0) is 5.79 Å². The number of ether oxygens (including phenoxy) is 1. The van der Waals surface area contributed by atoms with E-state index in [2.05, 4.69) is 4.98 Å². The fourth-order valence-corrected chi connectivity index (χ4v) is 2.67. The lowest BCUT2D eigenvalue weighted by atomic mass is 10.0. The van der Waals surface area contributed by atoms with E-state index < -0.39 is 5.79 Å². The zero-order valence-electron chi connectivity index (χ0n) is 9.47. The van der Waals surface area contributed by atoms with Crippen molar-refractivity contribution in [1.29, 1.82) is 0 Å². The molecule has 0 fully saturated rings. The monoisotopic (exact) mass is 241 g/mol. The second-order valence-electron chi connectivity index (χ2n) is 4.64. The molecule has 3 N–H and O–H groups in total. The number of hydrogen-bond donors (Lipinski definition) is 3. The maximum Gasteiger partial charge on any atom is 0.231 e. The topological polar surface area (TPSA) is 65.5 Å². The molecular formula is C14H11NO3. The summed E-state index contributed by atoms with van der Waals surface area (Å²) in [5.41, 5.74) is 2.14. The van der Waals surface area contributed by atoms with Crippen molar-refractivity contribution in [3.05, 3.63) is 42.0 Å². The van der Waals surface area contributed by atoms with Crippen molar-refractivity contribution >= 4 is 21.8 Å². The van der Waals surface area contributed by atoms with E-state index in [0.29, 0.717) is 11.3 Å². The summed E-state index contributed by atoms with van der Waals surface area (Å²) in [6.45, 7) is -0.128. The molecule has 0 saturated carbocycles. The molecule has 4 rings (SSSR count). The van der Waals surface area contributed by atoms with Crippen molar-refractivity contribution < 1.29 is 14.9 Å². The minimum atomic E-state index is -1.92. The Hall–Kier alpha value is -2.04. The molecule has 2 heterocycles. The smallest absolute Gasteiger partial charge is 0.231 e. The minimum absolute atomic E-state index is 0.128. The van der Waals surface area contributed by atoms with E-state index in [1.807, 2.05) is 30.3 Å². The maximum absolute atomic E-state index is 9.98. The Morgan fingerprint density at radius 3 is 2.78 bits per heavy atom. The quantitative estimate of drug-likeness (QED) is 0.526. The van der Waals surface area contributed by atoms with E-state index in [4.69, 9.17) is 4.74 Å². The first-order valence-electron chi connectivity index (χ1n) is 5.78. The molecule has 1 aromatic heterocycles. The Morgan fingerprint density at radius 2 is 1.89 bits per heavy atom. The van der Waals surface area contributed by atoms with Gasteiger partial charge in [-0.1, -0.05) is 18.2 Å². The summed E-state index contributed by atoms with van der Waals surface area (Å²) >= 11 is 0. The molecule has 18 heavy (non-hydrogen) atoms. The first-order chi connectivity index (χ1) is 8.67. The van der Waals surface area contributed by atoms with Crippen molar-refractivity contribution in [2.45, 2.75) is 5.79 Å². The fourth-order valence-electron chi connectivity index (χ4n) is 2.67. The summed E-state index contributed by atoms with van der Waals surface area (Å²) in [5.74, 6) is -1.39. The zero-order valence-corrected chi connectivity index (χ0v) is 9.47. The van der Waals surface area contributed by atoms with Crippen molar-refractivity contribution in [1.82, 2.24) is 4.98 Å². The minimum Gasteiger partial charge on any atom is -0.487 e. The molecule has 0 radical (unpaired) electrons. The standard InChI is InChI=1S/C14H11NO3/c16-14(17)7-18-11-6-5-9-8-3-1-2-4-10(8)15-13(9)12(11)14/h1-6,15-17H,7H2. The molecule has 4 nitrogen and oxygen atoms in total. The third kappa shape index (κ3) is 1.11. The van der Waals surface area contributed by atoms with E-state index in [-0.39, 0.29) is 6.61 Å². The number of aliphatic hydroxyl groups is 2. The first-order valence-corrected chi connectivity index (χ1v) is 5.78. The van der Waals surface area contributed by atoms with Crippen LogP contribution in [0.25, 0.3) is 21.8 Å². The lowest BCUT2D eigenvalue weighted by molar-refractivity contribution is -0.173. The van der Waals surface area contributed by atoms with E-state index in [9.17, 15) is 10.2 Å². The summed E-state index contributed by atoms with van der Waals surface area (Å²) in [4.78, 5) is 3.23. The number of aromatic amines is 1. The third-order valence-corrected chi connectivity index (χ3v) is 3.47. The maximum atomic E-state index is 9.98. The van der Waals surface area contributed by atoms with Gasteiger partial charge in [-0.25, -0.2) is 0 Å². The van der Waals surface area contributed by atoms with E-state index in [1.165, 1.54) is 0 Å². The highest BCUT2D eigenvalue weighted by molar-refractivity contribution is 6.09. The van der Waals surface area contributed by atoms with E-state index >= 15 is 0 Å². The normalized spacial score (nSPS) is 17.0. The van der Waals surface area contributed by atoms with Gasteiger partial charge in [0.1, 0.15) is 12.4 Å². The second-order valence-corrected chi connectivity index (χ2v) is 4.64. The van der Waals surface area contributed by atoms with E-state index in [1.54, 1.807) is 6.07 Å². The number of benzene rings is 2. The van der Waals surface area contributed by atoms with Gasteiger partial charge in [0.05, 0.1) is 11.1 Å². The Labute approximate surface area is 102 Å². The lowest BCUT2D eigenvalue weighted by Gasteiger charge is -2.13. The average Bonchev–Trinajstić information content (AvgIpc) is 2.87. The molecule has 0 amide bonds. The van der Waals surface area contributed by atoms with Crippen LogP contribution in [0.2, 0.25) is 0 Å². The molecule has 4 heteroatoms. The van der Waals surface area contributed by atoms with Gasteiger partial charge in [-0.15, -0.1) is 0 Å². The highest BCUT2D eigenvalue weighted by Gasteiger charge is 2.39. The lowest BCUT2D eigenvalue weighted by Crippen LogP contribution is -2.26. The summed E-state index contributed by atoms with van der Waals surface area (Å²) < 4.78 is 5.30. The largest absolute Gasteiger partial charge is 0.487 e. The van der Waals surface area contributed by atoms with Gasteiger partial charge in [0.2, 0.25) is 5.79 Å². The first kappa shape index (κ1) is 9.94. The molecule has 0 atom stereocenters. The Morgan fingerprint density at radius 1 is 1.06 bits per heavy atom. The van der Waals surface area contributed by atoms with Gasteiger partial charge in [0.15, 0.2) is 0 Å². The molecule has 90 valence electrons. The molecule has 0 spiro atoms. The molecule has 1 aliphatic heterocycles. The predicted octanol–water partition coefficient (Wildman–Crippen LogP) is 1.85. The predicted molar refractivity (Wildman–Crippen MR) is 67.4 cm³/mol. The van der Waals surface area contributed by atoms with Crippen LogP contribution in [0.5, 0.6) is 5.75 Å². The summed E-state index contributed by atoms with van der Waals surface area (Å²) in [6, 6.07) is 11.6. The van der Waals surface area contributed by atoms with Crippen LogP contribution in [0.3, 0.4) is 0 Å². The van der Waals surface area contributed by atoms with Crippen LogP contribution in [0, 0.1) is 0 Å². The summed E-state index contributed by atoms with van der Waals surface area (Å²) in [5, 5.41) is 22.0. The van der Waals surface area contributed by atoms with Gasteiger partial charge in [0, 0.05) is 16.3 Å². The molecule has 0 aliphatic carbocycles. The van der Waals surface area contributed by atoms with Crippen molar-refractivity contribution in [2.75, 3.05) is 6.61 Å². The number of H-pyrrole nitrogens is 1. The number of hydrogen-bond acceptors (Lipinski definition) is 3. The summed E-state index contributed by atoms with van der Waals surface area (Å²) in [7, 11) is 0. The van der Waals surface area contributed by atoms with Gasteiger partial charge in [-0.3, -0.25) is 0 Å². The number of nitrogens with one attached hydrogen (secondary N) is 1. The zero-order chi connectivity index (χ0) is 12.3. The van der Waals surface area contributed by atoms with Crippen LogP contribution in [0.1, 0.15) is 5.56 Å². The van der Waals surface area contributed by atoms with Gasteiger partial charge in [-0.2, -0.15) is 0 Å². The highest BCUT2D eigenvalue weighted by Crippen LogP contribution is 2.41. The third-order valence-electron chi connectivity index (χ3n) is 3.47. The number of fused-ring (bicyclic) bond motifs is 5. The fraction of sp³-hybridized carbons (Fsp3) is 0.143. The molecule has 0 unspecified atom stereocenters. The Bertz CT molecular complexity index is 773. The van der Waals surface area contributed by atoms with Crippen LogP contribution >= 0.6 is 0 Å². The van der Waals surface area contributed by atoms with Crippen molar-refractivity contribution in [2.24, 2.45) is 0 Å². The van der Waals surface area contributed by atoms with Gasteiger partial charge >= 0.3 is 0 Å². The molecule has 0 bridgehead atoms. The molecule has 2 aromatic carbocycles. The van der Waals surface area contributed by atoms with E-state index in [0.717, 1.165) is 21.8 Å². The average molecular weight is 241 g/mol. The number of para-hydroxylation sites is 1. The van der Waals surface area contributed by atoms with Gasteiger partial charge in [-0.05, 0) is 18.2 Å².